The summed E-state index contributed by atoms with van der Waals surface area (Å²) in [5, 5.41) is 2.56. The van der Waals surface area contributed by atoms with Crippen LogP contribution < -0.4 is 5.32 Å². The third-order valence-electron chi connectivity index (χ3n) is 2.46. The van der Waals surface area contributed by atoms with Gasteiger partial charge in [-0.3, -0.25) is 4.79 Å². The molecule has 86 valence electrons. The first-order valence-electron chi connectivity index (χ1n) is 4.90. The molecule has 1 amide bonds. The molecule has 0 saturated carbocycles. The minimum Gasteiger partial charge on any atom is -0.323 e. The SMILES string of the molecule is Cc1cnc2c(c1)NC(=O)C(C)CS2(=O)=O. The summed E-state index contributed by atoms with van der Waals surface area (Å²) in [7, 11) is -3.47. The lowest BCUT2D eigenvalue weighted by Crippen LogP contribution is -2.22. The van der Waals surface area contributed by atoms with E-state index < -0.39 is 15.8 Å². The smallest absolute Gasteiger partial charge is 0.228 e. The minimum absolute atomic E-state index is 0.0317. The van der Waals surface area contributed by atoms with Crippen molar-refractivity contribution in [2.45, 2.75) is 18.9 Å². The van der Waals surface area contributed by atoms with E-state index in [9.17, 15) is 13.2 Å². The van der Waals surface area contributed by atoms with Crippen molar-refractivity contribution in [1.29, 1.82) is 0 Å². The van der Waals surface area contributed by atoms with Gasteiger partial charge in [-0.2, -0.15) is 0 Å². The molecule has 0 radical (unpaired) electrons. The molecule has 1 unspecified atom stereocenters. The van der Waals surface area contributed by atoms with Gasteiger partial charge in [0.2, 0.25) is 5.91 Å². The number of anilines is 1. The Morgan fingerprint density at radius 2 is 2.19 bits per heavy atom. The summed E-state index contributed by atoms with van der Waals surface area (Å²) < 4.78 is 23.8. The molecule has 1 aromatic heterocycles. The number of fused-ring (bicyclic) bond motifs is 1. The van der Waals surface area contributed by atoms with Gasteiger partial charge in [0.15, 0.2) is 14.9 Å². The van der Waals surface area contributed by atoms with Crippen LogP contribution in [0.1, 0.15) is 12.5 Å². The van der Waals surface area contributed by atoms with Gasteiger partial charge >= 0.3 is 0 Å². The Balaban J connectivity index is 2.65. The molecule has 2 heterocycles. The van der Waals surface area contributed by atoms with Crippen molar-refractivity contribution in [1.82, 2.24) is 4.98 Å². The maximum absolute atomic E-state index is 11.9. The highest BCUT2D eigenvalue weighted by molar-refractivity contribution is 7.91. The first-order chi connectivity index (χ1) is 7.40. The van der Waals surface area contributed by atoms with Crippen molar-refractivity contribution in [2.75, 3.05) is 11.1 Å². The van der Waals surface area contributed by atoms with Crippen LogP contribution >= 0.6 is 0 Å². The topological polar surface area (TPSA) is 76.1 Å². The Kier molecular flexibility index (Phi) is 2.46. The first kappa shape index (κ1) is 11.1. The van der Waals surface area contributed by atoms with Crippen LogP contribution in [0.2, 0.25) is 0 Å². The number of carbonyl (C=O) groups excluding carboxylic acids is 1. The zero-order valence-electron chi connectivity index (χ0n) is 9.02. The predicted octanol–water partition coefficient (Wildman–Crippen LogP) is 0.752. The molecule has 1 aliphatic heterocycles. The van der Waals surface area contributed by atoms with Crippen LogP contribution in [-0.2, 0) is 14.6 Å². The summed E-state index contributed by atoms with van der Waals surface area (Å²) in [5.41, 5.74) is 1.10. The molecule has 0 aliphatic carbocycles. The Morgan fingerprint density at radius 1 is 1.50 bits per heavy atom. The lowest BCUT2D eigenvalue weighted by molar-refractivity contribution is -0.118. The average Bonchev–Trinajstić information content (AvgIpc) is 2.22. The summed E-state index contributed by atoms with van der Waals surface area (Å²) >= 11 is 0. The molecular formula is C10H12N2O3S. The van der Waals surface area contributed by atoms with Gasteiger partial charge in [-0.25, -0.2) is 13.4 Å². The Morgan fingerprint density at radius 3 is 2.88 bits per heavy atom. The number of nitrogens with zero attached hydrogens (tertiary/aromatic N) is 1. The van der Waals surface area contributed by atoms with Gasteiger partial charge in [-0.1, -0.05) is 6.92 Å². The fraction of sp³-hybridized carbons (Fsp3) is 0.400. The average molecular weight is 240 g/mol. The Labute approximate surface area is 93.8 Å². The summed E-state index contributed by atoms with van der Waals surface area (Å²) in [4.78, 5) is 15.5. The zero-order chi connectivity index (χ0) is 11.9. The third kappa shape index (κ3) is 1.80. The number of hydrogen-bond donors (Lipinski definition) is 1. The highest BCUT2D eigenvalue weighted by atomic mass is 32.2. The van der Waals surface area contributed by atoms with E-state index in [0.29, 0.717) is 0 Å². The van der Waals surface area contributed by atoms with Crippen molar-refractivity contribution in [3.63, 3.8) is 0 Å². The molecule has 0 saturated heterocycles. The summed E-state index contributed by atoms with van der Waals surface area (Å²) in [6.45, 7) is 3.38. The first-order valence-corrected chi connectivity index (χ1v) is 6.55. The number of hydrogen-bond acceptors (Lipinski definition) is 4. The Bertz CT molecular complexity index is 551. The highest BCUT2D eigenvalue weighted by Crippen LogP contribution is 2.26. The third-order valence-corrected chi connectivity index (χ3v) is 4.31. The fourth-order valence-corrected chi connectivity index (χ4v) is 3.26. The summed E-state index contributed by atoms with van der Waals surface area (Å²) in [6.07, 6.45) is 1.48. The van der Waals surface area contributed by atoms with E-state index in [-0.39, 0.29) is 22.4 Å². The van der Waals surface area contributed by atoms with Gasteiger partial charge in [-0.05, 0) is 18.6 Å². The number of nitrogens with one attached hydrogen (secondary N) is 1. The molecule has 2 rings (SSSR count). The van der Waals surface area contributed by atoms with Crippen molar-refractivity contribution in [2.24, 2.45) is 5.92 Å². The minimum atomic E-state index is -3.47. The quantitative estimate of drug-likeness (QED) is 0.726. The second kappa shape index (κ2) is 3.55. The molecule has 16 heavy (non-hydrogen) atoms. The van der Waals surface area contributed by atoms with Crippen molar-refractivity contribution in [3.05, 3.63) is 17.8 Å². The van der Waals surface area contributed by atoms with Gasteiger partial charge in [-0.15, -0.1) is 0 Å². The maximum Gasteiger partial charge on any atom is 0.228 e. The molecule has 0 aromatic carbocycles. The van der Waals surface area contributed by atoms with E-state index in [0.717, 1.165) is 5.56 Å². The molecule has 1 aliphatic rings. The Hall–Kier alpha value is -1.43. The second-order valence-electron chi connectivity index (χ2n) is 4.04. The number of amides is 1. The number of carbonyl (C=O) groups is 1. The monoisotopic (exact) mass is 240 g/mol. The largest absolute Gasteiger partial charge is 0.323 e. The summed E-state index contributed by atoms with van der Waals surface area (Å²) in [6, 6.07) is 1.62. The number of rotatable bonds is 0. The van der Waals surface area contributed by atoms with Crippen LogP contribution in [0, 0.1) is 12.8 Å². The van der Waals surface area contributed by atoms with Crippen LogP contribution in [0.15, 0.2) is 17.3 Å². The number of aromatic nitrogens is 1. The number of aryl methyl sites for hydroxylation is 1. The van der Waals surface area contributed by atoms with E-state index >= 15 is 0 Å². The molecule has 1 atom stereocenters. The molecule has 0 bridgehead atoms. The van der Waals surface area contributed by atoms with Gasteiger partial charge in [0.25, 0.3) is 0 Å². The molecule has 0 fully saturated rings. The van der Waals surface area contributed by atoms with Gasteiger partial charge in [0.05, 0.1) is 11.4 Å². The fourth-order valence-electron chi connectivity index (χ4n) is 1.63. The van der Waals surface area contributed by atoms with E-state index in [1.807, 2.05) is 0 Å². The van der Waals surface area contributed by atoms with Gasteiger partial charge < -0.3 is 5.32 Å². The van der Waals surface area contributed by atoms with E-state index in [1.54, 1.807) is 19.9 Å². The standard InChI is InChI=1S/C10H12N2O3S/c1-6-3-8-10(11-4-6)16(14,15)5-7(2)9(13)12-8/h3-4,7H,5H2,1-2H3,(H,12,13). The van der Waals surface area contributed by atoms with E-state index in [4.69, 9.17) is 0 Å². The molecule has 1 aromatic rings. The van der Waals surface area contributed by atoms with E-state index in [1.165, 1.54) is 6.20 Å². The lowest BCUT2D eigenvalue weighted by atomic mass is 10.2. The molecule has 5 nitrogen and oxygen atoms in total. The van der Waals surface area contributed by atoms with Crippen molar-refractivity contribution >= 4 is 21.4 Å². The molecule has 1 N–H and O–H groups in total. The molecule has 0 spiro atoms. The van der Waals surface area contributed by atoms with E-state index in [2.05, 4.69) is 10.3 Å². The van der Waals surface area contributed by atoms with Crippen LogP contribution in [0.5, 0.6) is 0 Å². The van der Waals surface area contributed by atoms with Crippen molar-refractivity contribution < 1.29 is 13.2 Å². The second-order valence-corrected chi connectivity index (χ2v) is 5.99. The van der Waals surface area contributed by atoms with Gasteiger partial charge in [0, 0.05) is 12.1 Å². The van der Waals surface area contributed by atoms with Crippen molar-refractivity contribution in [3.8, 4) is 0 Å². The van der Waals surface area contributed by atoms with Crippen LogP contribution in [0.25, 0.3) is 0 Å². The normalized spacial score (nSPS) is 23.1. The number of pyridine rings is 1. The van der Waals surface area contributed by atoms with Crippen LogP contribution in [0.3, 0.4) is 0 Å². The lowest BCUT2D eigenvalue weighted by Gasteiger charge is -2.05. The number of sulfone groups is 1. The highest BCUT2D eigenvalue weighted by Gasteiger charge is 2.31. The summed E-state index contributed by atoms with van der Waals surface area (Å²) in [5.74, 6) is -1.03. The predicted molar refractivity (Wildman–Crippen MR) is 58.8 cm³/mol. The molecular weight excluding hydrogens is 228 g/mol. The molecule has 6 heteroatoms. The van der Waals surface area contributed by atoms with Gasteiger partial charge in [0.1, 0.15) is 0 Å². The van der Waals surface area contributed by atoms with Crippen LogP contribution in [-0.4, -0.2) is 25.1 Å². The van der Waals surface area contributed by atoms with Crippen LogP contribution in [0.4, 0.5) is 5.69 Å². The zero-order valence-corrected chi connectivity index (χ0v) is 9.84. The maximum atomic E-state index is 11.9.